The molecule has 2 atom stereocenters. The second kappa shape index (κ2) is 9.35. The standard InChI is InChI=1S/C18H31NOP/c1-5-16-9-11-17(12-10-16)15-20-13-7-6-8-18(21)14-19(2,3)4/h5,9-12,18H,1,6-8,13-15,21H2,2-4H3/q+1. The third kappa shape index (κ3) is 9.03. The first-order valence-corrected chi connectivity index (χ1v) is 8.42. The van der Waals surface area contributed by atoms with Crippen LogP contribution in [0.25, 0.3) is 6.08 Å². The molecule has 1 aromatic carbocycles. The van der Waals surface area contributed by atoms with E-state index in [0.29, 0.717) is 12.3 Å². The minimum Gasteiger partial charge on any atom is -0.377 e. The van der Waals surface area contributed by atoms with Crippen molar-refractivity contribution in [3.05, 3.63) is 42.0 Å². The molecule has 0 aromatic heterocycles. The van der Waals surface area contributed by atoms with Crippen LogP contribution in [0.5, 0.6) is 0 Å². The third-order valence-electron chi connectivity index (χ3n) is 3.38. The molecule has 0 spiro atoms. The Morgan fingerprint density at radius 1 is 1.19 bits per heavy atom. The Bertz CT molecular complexity index is 408. The van der Waals surface area contributed by atoms with Crippen LogP contribution in [0.2, 0.25) is 0 Å². The van der Waals surface area contributed by atoms with Crippen molar-refractivity contribution in [3.8, 4) is 0 Å². The average Bonchev–Trinajstić information content (AvgIpc) is 2.41. The van der Waals surface area contributed by atoms with Gasteiger partial charge in [-0.2, -0.15) is 0 Å². The highest BCUT2D eigenvalue weighted by Gasteiger charge is 2.13. The molecule has 1 rings (SSSR count). The largest absolute Gasteiger partial charge is 0.377 e. The van der Waals surface area contributed by atoms with Crippen LogP contribution in [0.3, 0.4) is 0 Å². The van der Waals surface area contributed by atoms with Crippen LogP contribution in [0.15, 0.2) is 30.8 Å². The van der Waals surface area contributed by atoms with Crippen molar-refractivity contribution in [1.29, 1.82) is 0 Å². The molecule has 2 nitrogen and oxygen atoms in total. The first kappa shape index (κ1) is 18.4. The number of quaternary nitrogens is 1. The summed E-state index contributed by atoms with van der Waals surface area (Å²) < 4.78 is 6.77. The van der Waals surface area contributed by atoms with Gasteiger partial charge in [-0.15, -0.1) is 9.24 Å². The SMILES string of the molecule is C=Cc1ccc(COCCCCC(P)C[N+](C)(C)C)cc1. The lowest BCUT2D eigenvalue weighted by Crippen LogP contribution is -2.39. The van der Waals surface area contributed by atoms with Crippen molar-refractivity contribution in [3.63, 3.8) is 0 Å². The molecule has 0 bridgehead atoms. The van der Waals surface area contributed by atoms with Gasteiger partial charge in [0, 0.05) is 12.3 Å². The minimum atomic E-state index is 0.705. The summed E-state index contributed by atoms with van der Waals surface area (Å²) in [6.45, 7) is 6.53. The molecule has 118 valence electrons. The Hall–Kier alpha value is -0.690. The Balaban J connectivity index is 2.07. The molecule has 0 aliphatic heterocycles. The third-order valence-corrected chi connectivity index (χ3v) is 3.92. The van der Waals surface area contributed by atoms with Gasteiger partial charge in [0.05, 0.1) is 34.3 Å². The molecule has 0 amide bonds. The molecule has 0 radical (unpaired) electrons. The molecular formula is C18H31NOP+. The molecule has 2 unspecified atom stereocenters. The fourth-order valence-electron chi connectivity index (χ4n) is 2.35. The average molecular weight is 308 g/mol. The van der Waals surface area contributed by atoms with E-state index >= 15 is 0 Å². The molecule has 0 heterocycles. The summed E-state index contributed by atoms with van der Waals surface area (Å²) in [5.41, 5.74) is 3.09. The normalized spacial score (nSPS) is 13.1. The Morgan fingerprint density at radius 2 is 1.86 bits per heavy atom. The number of rotatable bonds is 10. The van der Waals surface area contributed by atoms with Crippen LogP contribution < -0.4 is 0 Å². The summed E-state index contributed by atoms with van der Waals surface area (Å²) in [5, 5.41) is 0. The highest BCUT2D eigenvalue weighted by Crippen LogP contribution is 2.13. The molecule has 21 heavy (non-hydrogen) atoms. The maximum absolute atomic E-state index is 5.74. The zero-order valence-corrected chi connectivity index (χ0v) is 15.0. The van der Waals surface area contributed by atoms with E-state index in [1.54, 1.807) is 0 Å². The number of benzene rings is 1. The topological polar surface area (TPSA) is 9.23 Å². The molecule has 0 aliphatic carbocycles. The second-order valence-electron chi connectivity index (χ2n) is 6.73. The molecule has 0 N–H and O–H groups in total. The molecule has 0 saturated heterocycles. The zero-order valence-electron chi connectivity index (χ0n) is 13.8. The van der Waals surface area contributed by atoms with Crippen molar-refractivity contribution < 1.29 is 9.22 Å². The van der Waals surface area contributed by atoms with E-state index in [1.807, 2.05) is 6.08 Å². The van der Waals surface area contributed by atoms with E-state index in [0.717, 1.165) is 23.1 Å². The van der Waals surface area contributed by atoms with Crippen molar-refractivity contribution in [2.24, 2.45) is 0 Å². The van der Waals surface area contributed by atoms with Gasteiger partial charge in [0.1, 0.15) is 0 Å². The summed E-state index contributed by atoms with van der Waals surface area (Å²) >= 11 is 0. The van der Waals surface area contributed by atoms with Crippen LogP contribution in [-0.4, -0.2) is 44.4 Å². The van der Waals surface area contributed by atoms with E-state index in [1.165, 1.54) is 24.9 Å². The fourth-order valence-corrected chi connectivity index (χ4v) is 3.21. The molecule has 0 fully saturated rings. The smallest absolute Gasteiger partial charge is 0.0843 e. The predicted molar refractivity (Wildman–Crippen MR) is 96.4 cm³/mol. The van der Waals surface area contributed by atoms with Crippen LogP contribution in [0.1, 0.15) is 30.4 Å². The number of hydrogen-bond acceptors (Lipinski definition) is 1. The van der Waals surface area contributed by atoms with Gasteiger partial charge in [-0.1, -0.05) is 43.3 Å². The van der Waals surface area contributed by atoms with E-state index in [-0.39, 0.29) is 0 Å². The summed E-state index contributed by atoms with van der Waals surface area (Å²) in [6.07, 6.45) is 5.51. The maximum atomic E-state index is 5.74. The zero-order chi connectivity index (χ0) is 15.7. The lowest BCUT2D eigenvalue weighted by atomic mass is 10.1. The Morgan fingerprint density at radius 3 is 2.43 bits per heavy atom. The Labute approximate surface area is 133 Å². The first-order chi connectivity index (χ1) is 9.90. The van der Waals surface area contributed by atoms with E-state index < -0.39 is 0 Å². The van der Waals surface area contributed by atoms with Crippen molar-refractivity contribution >= 4 is 15.3 Å². The summed E-state index contributed by atoms with van der Waals surface area (Å²) in [7, 11) is 9.73. The van der Waals surface area contributed by atoms with Gasteiger partial charge in [-0.3, -0.25) is 0 Å². The van der Waals surface area contributed by atoms with E-state index in [2.05, 4.69) is 61.2 Å². The summed E-state index contributed by atoms with van der Waals surface area (Å²) in [6, 6.07) is 8.37. The van der Waals surface area contributed by atoms with E-state index in [4.69, 9.17) is 4.74 Å². The number of nitrogens with zero attached hydrogens (tertiary/aromatic N) is 1. The number of unbranched alkanes of at least 4 members (excludes halogenated alkanes) is 1. The van der Waals surface area contributed by atoms with Gasteiger partial charge in [-0.05, 0) is 24.0 Å². The van der Waals surface area contributed by atoms with E-state index in [9.17, 15) is 0 Å². The molecule has 0 saturated carbocycles. The molecule has 0 aliphatic rings. The first-order valence-electron chi connectivity index (χ1n) is 7.76. The quantitative estimate of drug-likeness (QED) is 0.361. The maximum Gasteiger partial charge on any atom is 0.0843 e. The van der Waals surface area contributed by atoms with Crippen LogP contribution >= 0.6 is 9.24 Å². The second-order valence-corrected chi connectivity index (χ2v) is 7.67. The molecule has 1 aromatic rings. The monoisotopic (exact) mass is 308 g/mol. The van der Waals surface area contributed by atoms with Crippen molar-refractivity contribution in [2.45, 2.75) is 31.5 Å². The van der Waals surface area contributed by atoms with Gasteiger partial charge < -0.3 is 9.22 Å². The van der Waals surface area contributed by atoms with Crippen LogP contribution in [0.4, 0.5) is 0 Å². The van der Waals surface area contributed by atoms with Gasteiger partial charge in [0.25, 0.3) is 0 Å². The Kier molecular flexibility index (Phi) is 8.18. The summed E-state index contributed by atoms with van der Waals surface area (Å²) in [4.78, 5) is 0. The van der Waals surface area contributed by atoms with Gasteiger partial charge in [-0.25, -0.2) is 0 Å². The highest BCUT2D eigenvalue weighted by molar-refractivity contribution is 7.17. The number of ether oxygens (including phenoxy) is 1. The molecular weight excluding hydrogens is 277 g/mol. The predicted octanol–water partition coefficient (Wildman–Crippen LogP) is 3.97. The van der Waals surface area contributed by atoms with Crippen LogP contribution in [-0.2, 0) is 11.3 Å². The summed E-state index contributed by atoms with van der Waals surface area (Å²) in [5.74, 6) is 0. The minimum absolute atomic E-state index is 0.705. The lowest BCUT2D eigenvalue weighted by Gasteiger charge is -2.27. The van der Waals surface area contributed by atoms with Crippen molar-refractivity contribution in [2.75, 3.05) is 34.3 Å². The van der Waals surface area contributed by atoms with Crippen molar-refractivity contribution in [1.82, 2.24) is 0 Å². The van der Waals surface area contributed by atoms with Crippen LogP contribution in [0, 0.1) is 0 Å². The fraction of sp³-hybridized carbons (Fsp3) is 0.556. The van der Waals surface area contributed by atoms with Gasteiger partial charge in [0.15, 0.2) is 0 Å². The molecule has 3 heteroatoms. The number of hydrogen-bond donors (Lipinski definition) is 0. The lowest BCUT2D eigenvalue weighted by molar-refractivity contribution is -0.869. The van der Waals surface area contributed by atoms with Gasteiger partial charge >= 0.3 is 0 Å². The van der Waals surface area contributed by atoms with Gasteiger partial charge in [0.2, 0.25) is 0 Å². The highest BCUT2D eigenvalue weighted by atomic mass is 31.0.